The summed E-state index contributed by atoms with van der Waals surface area (Å²) in [7, 11) is 0. The molecular weight excluding hydrogens is 242 g/mol. The second kappa shape index (κ2) is 4.37. The molecule has 0 radical (unpaired) electrons. The topological polar surface area (TPSA) is 57.6 Å². The van der Waals surface area contributed by atoms with Crippen LogP contribution in [-0.4, -0.2) is 22.5 Å². The van der Waals surface area contributed by atoms with Gasteiger partial charge in [0, 0.05) is 12.1 Å². The van der Waals surface area contributed by atoms with Gasteiger partial charge in [-0.15, -0.1) is 0 Å². The molecule has 1 fully saturated rings. The Balaban J connectivity index is 2.49. The van der Waals surface area contributed by atoms with Crippen LogP contribution in [0.4, 0.5) is 5.69 Å². The largest absolute Gasteiger partial charge is 0.481 e. The number of anilines is 1. The molecule has 1 aromatic rings. The van der Waals surface area contributed by atoms with Crippen LogP contribution in [0.1, 0.15) is 31.4 Å². The first-order chi connectivity index (χ1) is 8.73. The highest BCUT2D eigenvalue weighted by atomic mass is 16.4. The minimum atomic E-state index is -0.912. The first-order valence-corrected chi connectivity index (χ1v) is 6.37. The molecule has 19 heavy (non-hydrogen) atoms. The summed E-state index contributed by atoms with van der Waals surface area (Å²) in [4.78, 5) is 25.1. The standard InChI is InChI=1S/C15H19NO3/c1-9-5-10(2)7-11(6-9)16-13(17)8-12(14(18)19)15(16,3)4/h5-7,12H,8H2,1-4H3,(H,18,19). The lowest BCUT2D eigenvalue weighted by Gasteiger charge is -2.34. The van der Waals surface area contributed by atoms with Gasteiger partial charge >= 0.3 is 5.97 Å². The van der Waals surface area contributed by atoms with Crippen molar-refractivity contribution in [3.05, 3.63) is 29.3 Å². The molecule has 0 spiro atoms. The Morgan fingerprint density at radius 2 is 1.79 bits per heavy atom. The third kappa shape index (κ3) is 2.23. The Bertz CT molecular complexity index is 528. The number of hydrogen-bond acceptors (Lipinski definition) is 2. The molecule has 1 amide bonds. The van der Waals surface area contributed by atoms with Crippen LogP contribution in [-0.2, 0) is 9.59 Å². The van der Waals surface area contributed by atoms with E-state index in [2.05, 4.69) is 0 Å². The van der Waals surface area contributed by atoms with E-state index in [1.54, 1.807) is 4.90 Å². The van der Waals surface area contributed by atoms with E-state index >= 15 is 0 Å². The van der Waals surface area contributed by atoms with Gasteiger partial charge in [-0.25, -0.2) is 0 Å². The van der Waals surface area contributed by atoms with Crippen molar-refractivity contribution in [2.45, 2.75) is 39.7 Å². The molecule has 0 saturated carbocycles. The van der Waals surface area contributed by atoms with Gasteiger partial charge in [0.05, 0.1) is 11.5 Å². The van der Waals surface area contributed by atoms with Crippen LogP contribution in [0.25, 0.3) is 0 Å². The Morgan fingerprint density at radius 3 is 2.21 bits per heavy atom. The zero-order chi connectivity index (χ0) is 14.4. The molecule has 1 aromatic carbocycles. The molecule has 1 N–H and O–H groups in total. The van der Waals surface area contributed by atoms with Gasteiger partial charge in [-0.3, -0.25) is 9.59 Å². The highest BCUT2D eigenvalue weighted by Crippen LogP contribution is 2.39. The van der Waals surface area contributed by atoms with E-state index in [0.29, 0.717) is 0 Å². The normalized spacial score (nSPS) is 21.8. The third-order valence-electron chi connectivity index (χ3n) is 3.82. The number of aryl methyl sites for hydroxylation is 2. The second-order valence-electron chi connectivity index (χ2n) is 5.82. The summed E-state index contributed by atoms with van der Waals surface area (Å²) in [5.41, 5.74) is 2.22. The fraction of sp³-hybridized carbons (Fsp3) is 0.467. The molecular formula is C15H19NO3. The van der Waals surface area contributed by atoms with Crippen LogP contribution in [0.5, 0.6) is 0 Å². The smallest absolute Gasteiger partial charge is 0.309 e. The summed E-state index contributed by atoms with van der Waals surface area (Å²) < 4.78 is 0. The highest BCUT2D eigenvalue weighted by molar-refractivity contribution is 6.01. The highest BCUT2D eigenvalue weighted by Gasteiger charge is 2.50. The predicted molar refractivity (Wildman–Crippen MR) is 73.2 cm³/mol. The maximum Gasteiger partial charge on any atom is 0.309 e. The fourth-order valence-corrected chi connectivity index (χ4v) is 2.94. The Kier molecular flexibility index (Phi) is 3.12. The molecule has 0 aliphatic carbocycles. The van der Waals surface area contributed by atoms with Gasteiger partial charge in [0.1, 0.15) is 0 Å². The van der Waals surface area contributed by atoms with E-state index in [4.69, 9.17) is 0 Å². The van der Waals surface area contributed by atoms with Crippen molar-refractivity contribution in [3.8, 4) is 0 Å². The molecule has 1 aliphatic heterocycles. The van der Waals surface area contributed by atoms with Crippen LogP contribution in [0.15, 0.2) is 18.2 Å². The monoisotopic (exact) mass is 261 g/mol. The number of carboxylic acid groups (broad SMARTS) is 1. The van der Waals surface area contributed by atoms with Gasteiger partial charge in [0.2, 0.25) is 5.91 Å². The van der Waals surface area contributed by atoms with Gasteiger partial charge in [-0.2, -0.15) is 0 Å². The van der Waals surface area contributed by atoms with Gasteiger partial charge in [-0.05, 0) is 51.0 Å². The third-order valence-corrected chi connectivity index (χ3v) is 3.82. The minimum Gasteiger partial charge on any atom is -0.481 e. The molecule has 1 saturated heterocycles. The van der Waals surface area contributed by atoms with Gasteiger partial charge < -0.3 is 10.0 Å². The number of carbonyl (C=O) groups excluding carboxylic acids is 1. The quantitative estimate of drug-likeness (QED) is 0.890. The molecule has 1 aliphatic rings. The van der Waals surface area contributed by atoms with E-state index < -0.39 is 17.4 Å². The van der Waals surface area contributed by atoms with Crippen LogP contribution in [0, 0.1) is 19.8 Å². The van der Waals surface area contributed by atoms with E-state index in [1.807, 2.05) is 45.9 Å². The van der Waals surface area contributed by atoms with Crippen molar-refractivity contribution in [1.29, 1.82) is 0 Å². The molecule has 2 rings (SSSR count). The molecule has 4 heteroatoms. The molecule has 4 nitrogen and oxygen atoms in total. The molecule has 0 aromatic heterocycles. The first kappa shape index (κ1) is 13.6. The van der Waals surface area contributed by atoms with E-state index in [0.717, 1.165) is 16.8 Å². The van der Waals surface area contributed by atoms with Crippen molar-refractivity contribution in [1.82, 2.24) is 0 Å². The maximum absolute atomic E-state index is 12.2. The van der Waals surface area contributed by atoms with E-state index in [1.165, 1.54) is 0 Å². The molecule has 102 valence electrons. The zero-order valence-corrected chi connectivity index (χ0v) is 11.7. The van der Waals surface area contributed by atoms with Crippen molar-refractivity contribution in [2.24, 2.45) is 5.92 Å². The van der Waals surface area contributed by atoms with Gasteiger partial charge in [0.15, 0.2) is 0 Å². The summed E-state index contributed by atoms with van der Waals surface area (Å²) in [6, 6.07) is 5.89. The number of carboxylic acids is 1. The number of aliphatic carboxylic acids is 1. The Labute approximate surface area is 113 Å². The van der Waals surface area contributed by atoms with Crippen molar-refractivity contribution < 1.29 is 14.7 Å². The summed E-state index contributed by atoms with van der Waals surface area (Å²) in [5.74, 6) is -1.70. The maximum atomic E-state index is 12.2. The Morgan fingerprint density at radius 1 is 1.26 bits per heavy atom. The SMILES string of the molecule is Cc1cc(C)cc(N2C(=O)CC(C(=O)O)C2(C)C)c1. The van der Waals surface area contributed by atoms with Crippen LogP contribution in [0.3, 0.4) is 0 Å². The molecule has 1 unspecified atom stereocenters. The summed E-state index contributed by atoms with van der Waals surface area (Å²) >= 11 is 0. The van der Waals surface area contributed by atoms with Crippen molar-refractivity contribution in [3.63, 3.8) is 0 Å². The number of rotatable bonds is 2. The lowest BCUT2D eigenvalue weighted by atomic mass is 9.88. The molecule has 0 bridgehead atoms. The van der Waals surface area contributed by atoms with E-state index in [9.17, 15) is 14.7 Å². The number of nitrogens with zero attached hydrogens (tertiary/aromatic N) is 1. The zero-order valence-electron chi connectivity index (χ0n) is 11.7. The average Bonchev–Trinajstić information content (AvgIpc) is 2.47. The minimum absolute atomic E-state index is 0.0648. The van der Waals surface area contributed by atoms with Crippen LogP contribution in [0.2, 0.25) is 0 Å². The van der Waals surface area contributed by atoms with Crippen molar-refractivity contribution >= 4 is 17.6 Å². The predicted octanol–water partition coefficient (Wildman–Crippen LogP) is 2.52. The van der Waals surface area contributed by atoms with Crippen molar-refractivity contribution in [2.75, 3.05) is 4.90 Å². The molecule has 1 atom stereocenters. The fourth-order valence-electron chi connectivity index (χ4n) is 2.94. The average molecular weight is 261 g/mol. The number of carbonyl (C=O) groups is 2. The number of benzene rings is 1. The first-order valence-electron chi connectivity index (χ1n) is 6.37. The summed E-state index contributed by atoms with van der Waals surface area (Å²) in [6.07, 6.45) is 0.0648. The van der Waals surface area contributed by atoms with Crippen LogP contribution >= 0.6 is 0 Å². The Hall–Kier alpha value is -1.84. The summed E-state index contributed by atoms with van der Waals surface area (Å²) in [6.45, 7) is 7.57. The van der Waals surface area contributed by atoms with Crippen LogP contribution < -0.4 is 4.90 Å². The summed E-state index contributed by atoms with van der Waals surface area (Å²) in [5, 5.41) is 9.26. The van der Waals surface area contributed by atoms with E-state index in [-0.39, 0.29) is 12.3 Å². The number of hydrogen-bond donors (Lipinski definition) is 1. The van der Waals surface area contributed by atoms with Gasteiger partial charge in [-0.1, -0.05) is 6.07 Å². The lowest BCUT2D eigenvalue weighted by molar-refractivity contribution is -0.143. The molecule has 1 heterocycles. The lowest BCUT2D eigenvalue weighted by Crippen LogP contribution is -2.46. The van der Waals surface area contributed by atoms with Gasteiger partial charge in [0.25, 0.3) is 0 Å². The number of amides is 1. The second-order valence-corrected chi connectivity index (χ2v) is 5.82.